The third-order valence-electron chi connectivity index (χ3n) is 2.95. The van der Waals surface area contributed by atoms with Gasteiger partial charge in [-0.1, -0.05) is 0 Å². The quantitative estimate of drug-likeness (QED) is 0.580. The van der Waals surface area contributed by atoms with E-state index in [0.29, 0.717) is 27.3 Å². The van der Waals surface area contributed by atoms with Crippen LogP contribution in [0.4, 0.5) is 11.4 Å². The summed E-state index contributed by atoms with van der Waals surface area (Å²) in [5.41, 5.74) is 8.04. The molecule has 2 aromatic heterocycles. The fraction of sp³-hybridized carbons (Fsp3) is 0.0769. The number of nitrogens with one attached hydrogen (secondary N) is 3. The standard InChI is InChI=1S/C13H12N4O2S/c1-6-8(14)5-11(20-6)12(18)15-7-2-3-9-10(4-7)17-13(19)16-9/h2-5H,14H2,1H3,(H,15,18)(H2,16,17,19). The number of anilines is 2. The van der Waals surface area contributed by atoms with Crippen LogP contribution in [0.5, 0.6) is 0 Å². The van der Waals surface area contributed by atoms with Gasteiger partial charge in [0.1, 0.15) is 0 Å². The van der Waals surface area contributed by atoms with Crippen LogP contribution in [0.15, 0.2) is 29.1 Å². The maximum Gasteiger partial charge on any atom is 0.323 e. The predicted octanol–water partition coefficient (Wildman–Crippen LogP) is 2.06. The highest BCUT2D eigenvalue weighted by molar-refractivity contribution is 7.14. The summed E-state index contributed by atoms with van der Waals surface area (Å²) in [6.07, 6.45) is 0. The van der Waals surface area contributed by atoms with E-state index in [1.54, 1.807) is 24.3 Å². The summed E-state index contributed by atoms with van der Waals surface area (Å²) in [5, 5.41) is 2.78. The SMILES string of the molecule is Cc1sc(C(=O)Nc2ccc3[nH]c(=O)[nH]c3c2)cc1N. The number of carbonyl (C=O) groups excluding carboxylic acids is 1. The lowest BCUT2D eigenvalue weighted by molar-refractivity contribution is 0.103. The van der Waals surface area contributed by atoms with Gasteiger partial charge in [-0.25, -0.2) is 4.79 Å². The van der Waals surface area contributed by atoms with Crippen molar-refractivity contribution in [3.8, 4) is 0 Å². The zero-order valence-corrected chi connectivity index (χ0v) is 11.4. The second kappa shape index (κ2) is 4.53. The van der Waals surface area contributed by atoms with Gasteiger partial charge in [0.15, 0.2) is 0 Å². The number of amides is 1. The van der Waals surface area contributed by atoms with E-state index in [9.17, 15) is 9.59 Å². The Labute approximate surface area is 117 Å². The molecule has 20 heavy (non-hydrogen) atoms. The van der Waals surface area contributed by atoms with Crippen molar-refractivity contribution in [2.45, 2.75) is 6.92 Å². The number of thiophene rings is 1. The topological polar surface area (TPSA) is 104 Å². The Balaban J connectivity index is 1.88. The molecule has 1 aromatic carbocycles. The zero-order valence-electron chi connectivity index (χ0n) is 10.6. The molecule has 0 saturated heterocycles. The summed E-state index contributed by atoms with van der Waals surface area (Å²) in [5.74, 6) is -0.216. The highest BCUT2D eigenvalue weighted by Crippen LogP contribution is 2.24. The molecule has 0 aliphatic rings. The van der Waals surface area contributed by atoms with Crippen LogP contribution in [-0.4, -0.2) is 15.9 Å². The Hall–Kier alpha value is -2.54. The van der Waals surface area contributed by atoms with Crippen LogP contribution in [0.3, 0.4) is 0 Å². The summed E-state index contributed by atoms with van der Waals surface area (Å²) in [6, 6.07) is 6.83. The van der Waals surface area contributed by atoms with Crippen LogP contribution in [0.1, 0.15) is 14.5 Å². The van der Waals surface area contributed by atoms with Crippen molar-refractivity contribution >= 4 is 39.7 Å². The first-order chi connectivity index (χ1) is 9.52. The van der Waals surface area contributed by atoms with E-state index in [0.717, 1.165) is 4.88 Å². The first-order valence-corrected chi connectivity index (χ1v) is 6.74. The highest BCUT2D eigenvalue weighted by atomic mass is 32.1. The minimum atomic E-state index is -0.273. The Bertz CT molecular complexity index is 839. The lowest BCUT2D eigenvalue weighted by Gasteiger charge is -2.03. The van der Waals surface area contributed by atoms with Crippen molar-refractivity contribution in [1.82, 2.24) is 9.97 Å². The Morgan fingerprint density at radius 3 is 2.70 bits per heavy atom. The molecule has 7 heteroatoms. The average Bonchev–Trinajstić information content (AvgIpc) is 2.91. The Kier molecular flexibility index (Phi) is 2.83. The van der Waals surface area contributed by atoms with E-state index in [2.05, 4.69) is 15.3 Å². The molecular formula is C13H12N4O2S. The largest absolute Gasteiger partial charge is 0.398 e. The van der Waals surface area contributed by atoms with Crippen molar-refractivity contribution < 1.29 is 4.79 Å². The van der Waals surface area contributed by atoms with Crippen LogP contribution in [0.25, 0.3) is 11.0 Å². The number of nitrogens with two attached hydrogens (primary N) is 1. The predicted molar refractivity (Wildman–Crippen MR) is 80.3 cm³/mol. The van der Waals surface area contributed by atoms with Gasteiger partial charge >= 0.3 is 5.69 Å². The molecule has 3 aromatic rings. The molecule has 5 N–H and O–H groups in total. The van der Waals surface area contributed by atoms with E-state index in [-0.39, 0.29) is 11.6 Å². The van der Waals surface area contributed by atoms with Gasteiger partial charge in [0.05, 0.1) is 15.9 Å². The molecule has 0 saturated carbocycles. The fourth-order valence-corrected chi connectivity index (χ4v) is 2.75. The van der Waals surface area contributed by atoms with Gasteiger partial charge in [-0.15, -0.1) is 11.3 Å². The highest BCUT2D eigenvalue weighted by Gasteiger charge is 2.11. The molecule has 0 aliphatic heterocycles. The minimum absolute atomic E-state index is 0.216. The summed E-state index contributed by atoms with van der Waals surface area (Å²) in [4.78, 5) is 30.0. The van der Waals surface area contributed by atoms with Gasteiger partial charge in [-0.3, -0.25) is 4.79 Å². The number of nitrogen functional groups attached to an aromatic ring is 1. The van der Waals surface area contributed by atoms with E-state index < -0.39 is 0 Å². The first-order valence-electron chi connectivity index (χ1n) is 5.92. The summed E-state index contributed by atoms with van der Waals surface area (Å²) in [7, 11) is 0. The molecule has 0 aliphatic carbocycles. The number of rotatable bonds is 2. The lowest BCUT2D eigenvalue weighted by Crippen LogP contribution is -2.09. The third-order valence-corrected chi connectivity index (χ3v) is 4.02. The fourth-order valence-electron chi connectivity index (χ4n) is 1.91. The van der Waals surface area contributed by atoms with Crippen molar-refractivity contribution in [2.75, 3.05) is 11.1 Å². The molecule has 0 unspecified atom stereocenters. The molecule has 102 valence electrons. The summed E-state index contributed by atoms with van der Waals surface area (Å²) < 4.78 is 0. The number of carbonyl (C=O) groups is 1. The normalized spacial score (nSPS) is 10.8. The van der Waals surface area contributed by atoms with Crippen LogP contribution < -0.4 is 16.7 Å². The molecule has 1 amide bonds. The minimum Gasteiger partial charge on any atom is -0.398 e. The van der Waals surface area contributed by atoms with Crippen molar-refractivity contribution in [2.24, 2.45) is 0 Å². The number of aromatic nitrogens is 2. The van der Waals surface area contributed by atoms with Crippen molar-refractivity contribution in [1.29, 1.82) is 0 Å². The summed E-state index contributed by atoms with van der Waals surface area (Å²) in [6.45, 7) is 1.87. The van der Waals surface area contributed by atoms with Gasteiger partial charge in [0.2, 0.25) is 0 Å². The number of hydrogen-bond donors (Lipinski definition) is 4. The number of imidazole rings is 1. The second-order valence-corrected chi connectivity index (χ2v) is 5.67. The van der Waals surface area contributed by atoms with Gasteiger partial charge in [0.25, 0.3) is 5.91 Å². The molecule has 0 fully saturated rings. The van der Waals surface area contributed by atoms with Gasteiger partial charge in [-0.05, 0) is 31.2 Å². The van der Waals surface area contributed by atoms with Gasteiger partial charge in [0, 0.05) is 16.3 Å². The summed E-state index contributed by atoms with van der Waals surface area (Å²) >= 11 is 1.35. The monoisotopic (exact) mass is 288 g/mol. The number of fused-ring (bicyclic) bond motifs is 1. The molecular weight excluding hydrogens is 276 g/mol. The van der Waals surface area contributed by atoms with Crippen LogP contribution in [0.2, 0.25) is 0 Å². The smallest absolute Gasteiger partial charge is 0.323 e. The van der Waals surface area contributed by atoms with Gasteiger partial charge in [-0.2, -0.15) is 0 Å². The second-order valence-electron chi connectivity index (χ2n) is 4.42. The van der Waals surface area contributed by atoms with Crippen molar-refractivity contribution in [3.63, 3.8) is 0 Å². The third kappa shape index (κ3) is 2.19. The average molecular weight is 288 g/mol. The number of benzene rings is 1. The Morgan fingerprint density at radius 1 is 1.25 bits per heavy atom. The lowest BCUT2D eigenvalue weighted by atomic mass is 10.2. The molecule has 0 bridgehead atoms. The van der Waals surface area contributed by atoms with E-state index >= 15 is 0 Å². The maximum absolute atomic E-state index is 12.1. The Morgan fingerprint density at radius 2 is 2.00 bits per heavy atom. The number of aromatic amines is 2. The van der Waals surface area contributed by atoms with E-state index in [1.165, 1.54) is 11.3 Å². The molecule has 0 radical (unpaired) electrons. The number of hydrogen-bond acceptors (Lipinski definition) is 4. The molecule has 2 heterocycles. The van der Waals surface area contributed by atoms with E-state index in [4.69, 9.17) is 5.73 Å². The number of aryl methyl sites for hydroxylation is 1. The van der Waals surface area contributed by atoms with Crippen LogP contribution in [0, 0.1) is 6.92 Å². The van der Waals surface area contributed by atoms with Crippen LogP contribution in [-0.2, 0) is 0 Å². The van der Waals surface area contributed by atoms with E-state index in [1.807, 2.05) is 6.92 Å². The maximum atomic E-state index is 12.1. The zero-order chi connectivity index (χ0) is 14.3. The van der Waals surface area contributed by atoms with Crippen molar-refractivity contribution in [3.05, 3.63) is 44.5 Å². The molecule has 0 spiro atoms. The van der Waals surface area contributed by atoms with Crippen LogP contribution >= 0.6 is 11.3 Å². The van der Waals surface area contributed by atoms with Gasteiger partial charge < -0.3 is 21.0 Å². The first kappa shape index (κ1) is 12.5. The molecule has 6 nitrogen and oxygen atoms in total. The molecule has 3 rings (SSSR count). The number of H-pyrrole nitrogens is 2. The molecule has 0 atom stereocenters.